The fourth-order valence-corrected chi connectivity index (χ4v) is 2.34. The molecule has 0 saturated carbocycles. The summed E-state index contributed by atoms with van der Waals surface area (Å²) in [6.45, 7) is 0. The molecule has 0 fully saturated rings. The molecule has 0 aliphatic rings. The molecule has 0 aliphatic heterocycles. The number of benzene rings is 1. The van der Waals surface area contributed by atoms with Crippen molar-refractivity contribution in [2.45, 2.75) is 10.9 Å². The standard InChI is InChI=1S/C12H10FN3O3S/c13-8-2-6(1-7(3-8)11(18)19)5-20-12-15-9(14)4-10(17)16-12/h1-4H,5H2,(H,18,19)(H3,14,15,16,17). The number of nitrogens with zero attached hydrogens (tertiary/aromatic N) is 1. The third-order valence-electron chi connectivity index (χ3n) is 2.32. The molecular formula is C12H10FN3O3S. The fourth-order valence-electron chi connectivity index (χ4n) is 1.53. The maximum absolute atomic E-state index is 13.3. The van der Waals surface area contributed by atoms with Gasteiger partial charge in [-0.1, -0.05) is 11.8 Å². The summed E-state index contributed by atoms with van der Waals surface area (Å²) in [5.41, 5.74) is 5.39. The van der Waals surface area contributed by atoms with Crippen molar-refractivity contribution in [2.24, 2.45) is 0 Å². The Hall–Kier alpha value is -2.35. The predicted octanol–water partition coefficient (Wildman–Crippen LogP) is 1.48. The highest BCUT2D eigenvalue weighted by atomic mass is 32.2. The Labute approximate surface area is 116 Å². The summed E-state index contributed by atoms with van der Waals surface area (Å²) in [7, 11) is 0. The SMILES string of the molecule is Nc1cc(=O)[nH]c(SCc2cc(F)cc(C(=O)O)c2)n1. The van der Waals surface area contributed by atoms with E-state index in [-0.39, 0.29) is 27.8 Å². The highest BCUT2D eigenvalue weighted by Gasteiger charge is 2.08. The Bertz CT molecular complexity index is 717. The molecule has 2 aromatic rings. The van der Waals surface area contributed by atoms with Crippen LogP contribution >= 0.6 is 11.8 Å². The highest BCUT2D eigenvalue weighted by Crippen LogP contribution is 2.20. The van der Waals surface area contributed by atoms with Crippen molar-refractivity contribution in [1.29, 1.82) is 0 Å². The van der Waals surface area contributed by atoms with E-state index >= 15 is 0 Å². The molecule has 0 amide bonds. The first-order chi connectivity index (χ1) is 9.44. The van der Waals surface area contributed by atoms with Crippen molar-refractivity contribution >= 4 is 23.5 Å². The van der Waals surface area contributed by atoms with Gasteiger partial charge in [-0.25, -0.2) is 14.2 Å². The van der Waals surface area contributed by atoms with Crippen LogP contribution in [0.5, 0.6) is 0 Å². The number of aromatic amines is 1. The number of halogens is 1. The number of carbonyl (C=O) groups is 1. The van der Waals surface area contributed by atoms with Gasteiger partial charge in [0.1, 0.15) is 11.6 Å². The average Bonchev–Trinajstić information content (AvgIpc) is 2.34. The van der Waals surface area contributed by atoms with Gasteiger partial charge in [-0.05, 0) is 23.8 Å². The number of hydrogen-bond donors (Lipinski definition) is 3. The summed E-state index contributed by atoms with van der Waals surface area (Å²) in [4.78, 5) is 28.4. The number of nitrogens with two attached hydrogens (primary N) is 1. The second kappa shape index (κ2) is 5.74. The maximum Gasteiger partial charge on any atom is 0.335 e. The number of hydrogen-bond acceptors (Lipinski definition) is 5. The summed E-state index contributed by atoms with van der Waals surface area (Å²) in [6, 6.07) is 4.68. The monoisotopic (exact) mass is 295 g/mol. The van der Waals surface area contributed by atoms with Crippen LogP contribution in [0.2, 0.25) is 0 Å². The Morgan fingerprint density at radius 2 is 2.15 bits per heavy atom. The summed E-state index contributed by atoms with van der Waals surface area (Å²) >= 11 is 1.12. The van der Waals surface area contributed by atoms with Crippen molar-refractivity contribution in [3.63, 3.8) is 0 Å². The molecule has 1 aromatic heterocycles. The van der Waals surface area contributed by atoms with E-state index in [1.54, 1.807) is 0 Å². The number of rotatable bonds is 4. The van der Waals surface area contributed by atoms with Gasteiger partial charge < -0.3 is 15.8 Å². The van der Waals surface area contributed by atoms with E-state index in [1.807, 2.05) is 0 Å². The lowest BCUT2D eigenvalue weighted by atomic mass is 10.1. The lowest BCUT2D eigenvalue weighted by Crippen LogP contribution is -2.09. The topological polar surface area (TPSA) is 109 Å². The Kier molecular flexibility index (Phi) is 4.04. The Morgan fingerprint density at radius 1 is 1.40 bits per heavy atom. The zero-order valence-electron chi connectivity index (χ0n) is 10.1. The number of aromatic nitrogens is 2. The van der Waals surface area contributed by atoms with Crippen LogP contribution in [0.1, 0.15) is 15.9 Å². The Balaban J connectivity index is 2.18. The minimum Gasteiger partial charge on any atom is -0.478 e. The molecule has 0 bridgehead atoms. The molecule has 4 N–H and O–H groups in total. The molecule has 1 aromatic carbocycles. The predicted molar refractivity (Wildman–Crippen MR) is 72.2 cm³/mol. The summed E-state index contributed by atoms with van der Waals surface area (Å²) < 4.78 is 13.3. The van der Waals surface area contributed by atoms with Crippen LogP contribution in [0.25, 0.3) is 0 Å². The molecule has 0 aliphatic carbocycles. The largest absolute Gasteiger partial charge is 0.478 e. The molecule has 6 nitrogen and oxygen atoms in total. The van der Waals surface area contributed by atoms with Crippen molar-refractivity contribution in [3.05, 3.63) is 51.6 Å². The molecule has 0 radical (unpaired) electrons. The van der Waals surface area contributed by atoms with Gasteiger partial charge in [-0.15, -0.1) is 0 Å². The maximum atomic E-state index is 13.3. The van der Waals surface area contributed by atoms with Gasteiger partial charge in [0.25, 0.3) is 5.56 Å². The van der Waals surface area contributed by atoms with E-state index in [0.717, 1.165) is 23.9 Å². The fraction of sp³-hybridized carbons (Fsp3) is 0.0833. The normalized spacial score (nSPS) is 10.4. The van der Waals surface area contributed by atoms with E-state index in [9.17, 15) is 14.0 Å². The first-order valence-electron chi connectivity index (χ1n) is 5.46. The van der Waals surface area contributed by atoms with Gasteiger partial charge in [0.2, 0.25) is 0 Å². The van der Waals surface area contributed by atoms with Crippen LogP contribution < -0.4 is 11.3 Å². The number of anilines is 1. The van der Waals surface area contributed by atoms with Gasteiger partial charge in [0, 0.05) is 11.8 Å². The van der Waals surface area contributed by atoms with Gasteiger partial charge in [0.05, 0.1) is 5.56 Å². The number of thioether (sulfide) groups is 1. The molecule has 8 heteroatoms. The summed E-state index contributed by atoms with van der Waals surface area (Å²) in [6.07, 6.45) is 0. The quantitative estimate of drug-likeness (QED) is 0.582. The summed E-state index contributed by atoms with van der Waals surface area (Å²) in [5.74, 6) is -1.49. The van der Waals surface area contributed by atoms with Gasteiger partial charge >= 0.3 is 5.97 Å². The lowest BCUT2D eigenvalue weighted by Gasteiger charge is -2.04. The number of H-pyrrole nitrogens is 1. The van der Waals surface area contributed by atoms with Crippen molar-refractivity contribution in [3.8, 4) is 0 Å². The number of nitrogen functional groups attached to an aromatic ring is 1. The molecule has 0 atom stereocenters. The molecule has 104 valence electrons. The smallest absolute Gasteiger partial charge is 0.335 e. The van der Waals surface area contributed by atoms with E-state index in [1.165, 1.54) is 12.1 Å². The number of aromatic carboxylic acids is 1. The zero-order valence-corrected chi connectivity index (χ0v) is 10.9. The van der Waals surface area contributed by atoms with E-state index < -0.39 is 11.8 Å². The zero-order chi connectivity index (χ0) is 14.7. The minimum absolute atomic E-state index is 0.0849. The molecule has 0 saturated heterocycles. The van der Waals surface area contributed by atoms with E-state index in [4.69, 9.17) is 10.8 Å². The summed E-state index contributed by atoms with van der Waals surface area (Å²) in [5, 5.41) is 9.13. The van der Waals surface area contributed by atoms with Crippen LogP contribution in [0.4, 0.5) is 10.2 Å². The molecule has 1 heterocycles. The molecule has 20 heavy (non-hydrogen) atoms. The van der Waals surface area contributed by atoms with Crippen LogP contribution in [0.15, 0.2) is 34.2 Å². The third kappa shape index (κ3) is 3.58. The van der Waals surface area contributed by atoms with Gasteiger partial charge in [0.15, 0.2) is 5.16 Å². The average molecular weight is 295 g/mol. The van der Waals surface area contributed by atoms with Crippen molar-refractivity contribution < 1.29 is 14.3 Å². The molecule has 2 rings (SSSR count). The molecule has 0 unspecified atom stereocenters. The van der Waals surface area contributed by atoms with Crippen LogP contribution in [0, 0.1) is 5.82 Å². The minimum atomic E-state index is -1.20. The van der Waals surface area contributed by atoms with E-state index in [0.29, 0.717) is 5.56 Å². The number of nitrogens with one attached hydrogen (secondary N) is 1. The molecular weight excluding hydrogens is 285 g/mol. The second-order valence-corrected chi connectivity index (χ2v) is 4.88. The van der Waals surface area contributed by atoms with Crippen molar-refractivity contribution in [2.75, 3.05) is 5.73 Å². The number of carboxylic acid groups (broad SMARTS) is 1. The highest BCUT2D eigenvalue weighted by molar-refractivity contribution is 7.98. The number of carboxylic acids is 1. The van der Waals surface area contributed by atoms with E-state index in [2.05, 4.69) is 9.97 Å². The second-order valence-electron chi connectivity index (χ2n) is 3.92. The third-order valence-corrected chi connectivity index (χ3v) is 3.26. The first-order valence-corrected chi connectivity index (χ1v) is 6.45. The molecule has 0 spiro atoms. The van der Waals surface area contributed by atoms with Crippen molar-refractivity contribution in [1.82, 2.24) is 9.97 Å². The van der Waals surface area contributed by atoms with Crippen LogP contribution in [-0.2, 0) is 5.75 Å². The van der Waals surface area contributed by atoms with Gasteiger partial charge in [-0.3, -0.25) is 4.79 Å². The lowest BCUT2D eigenvalue weighted by molar-refractivity contribution is 0.0696. The van der Waals surface area contributed by atoms with Gasteiger partial charge in [-0.2, -0.15) is 0 Å². The Morgan fingerprint density at radius 3 is 2.80 bits per heavy atom. The van der Waals surface area contributed by atoms with Crippen LogP contribution in [-0.4, -0.2) is 21.0 Å². The first kappa shape index (κ1) is 14.1. The van der Waals surface area contributed by atoms with Crippen LogP contribution in [0.3, 0.4) is 0 Å².